The number of carbonyl (C=O) groups excluding carboxylic acids is 1. The van der Waals surface area contributed by atoms with Crippen LogP contribution in [0, 0.1) is 5.82 Å². The molecule has 0 bridgehead atoms. The third-order valence-corrected chi connectivity index (χ3v) is 5.37. The number of para-hydroxylation sites is 2. The summed E-state index contributed by atoms with van der Waals surface area (Å²) in [7, 11) is 0. The Morgan fingerprint density at radius 2 is 1.58 bits per heavy atom. The number of rotatable bonds is 5. The topological polar surface area (TPSA) is 69.8 Å². The second-order valence-electron chi connectivity index (χ2n) is 7.69. The van der Waals surface area contributed by atoms with Crippen LogP contribution in [-0.2, 0) is 6.54 Å². The summed E-state index contributed by atoms with van der Waals surface area (Å²) in [5.41, 5.74) is 6.48. The van der Waals surface area contributed by atoms with E-state index in [2.05, 4.69) is 20.6 Å². The van der Waals surface area contributed by atoms with Gasteiger partial charge in [-0.15, -0.1) is 0 Å². The Hall–Kier alpha value is -4.45. The van der Waals surface area contributed by atoms with E-state index in [1.807, 2.05) is 72.8 Å². The molecule has 0 saturated heterocycles. The number of nitrogens with one attached hydrogen (secondary N) is 3. The first-order valence-electron chi connectivity index (χ1n) is 10.6. The Bertz CT molecular complexity index is 1380. The Labute approximate surface area is 190 Å². The van der Waals surface area contributed by atoms with Crippen LogP contribution in [0.2, 0.25) is 0 Å². The van der Waals surface area contributed by atoms with E-state index >= 15 is 0 Å². The van der Waals surface area contributed by atoms with E-state index in [1.54, 1.807) is 12.1 Å². The SMILES string of the molecule is O=C(NCc1ccc(F)cc1)Nc1cccc(-c2ccc(-c3nc4ccccc4[nH]3)cc2)c1. The Balaban J connectivity index is 1.26. The zero-order valence-corrected chi connectivity index (χ0v) is 17.7. The molecule has 4 aromatic carbocycles. The van der Waals surface area contributed by atoms with E-state index in [9.17, 15) is 9.18 Å². The van der Waals surface area contributed by atoms with Crippen LogP contribution in [0.4, 0.5) is 14.9 Å². The predicted octanol–water partition coefficient (Wildman–Crippen LogP) is 6.36. The number of halogens is 1. The van der Waals surface area contributed by atoms with Crippen LogP contribution < -0.4 is 10.6 Å². The van der Waals surface area contributed by atoms with Gasteiger partial charge >= 0.3 is 6.03 Å². The second kappa shape index (κ2) is 8.96. The number of hydrogen-bond acceptors (Lipinski definition) is 2. The Morgan fingerprint density at radius 1 is 0.818 bits per heavy atom. The average molecular weight is 436 g/mol. The van der Waals surface area contributed by atoms with E-state index in [-0.39, 0.29) is 11.8 Å². The molecule has 5 nitrogen and oxygen atoms in total. The molecule has 0 aliphatic heterocycles. The van der Waals surface area contributed by atoms with Gasteiger partial charge in [-0.1, -0.05) is 60.7 Å². The van der Waals surface area contributed by atoms with E-state index in [0.29, 0.717) is 12.2 Å². The number of nitrogens with zero attached hydrogens (tertiary/aromatic N) is 1. The van der Waals surface area contributed by atoms with E-state index in [0.717, 1.165) is 39.1 Å². The van der Waals surface area contributed by atoms with Crippen LogP contribution in [0.15, 0.2) is 97.1 Å². The summed E-state index contributed by atoms with van der Waals surface area (Å²) in [6.45, 7) is 0.315. The highest BCUT2D eigenvalue weighted by molar-refractivity contribution is 5.90. The first kappa shape index (κ1) is 20.5. The van der Waals surface area contributed by atoms with E-state index < -0.39 is 0 Å². The molecule has 0 atom stereocenters. The van der Waals surface area contributed by atoms with Crippen molar-refractivity contribution in [2.24, 2.45) is 0 Å². The minimum Gasteiger partial charge on any atom is -0.338 e. The van der Waals surface area contributed by atoms with Crippen molar-refractivity contribution < 1.29 is 9.18 Å². The molecular formula is C27H21FN4O. The molecule has 5 aromatic rings. The van der Waals surface area contributed by atoms with Crippen molar-refractivity contribution in [3.63, 3.8) is 0 Å². The zero-order valence-electron chi connectivity index (χ0n) is 17.7. The summed E-state index contributed by atoms with van der Waals surface area (Å²) in [4.78, 5) is 20.3. The Kier molecular flexibility index (Phi) is 5.55. The van der Waals surface area contributed by atoms with Crippen molar-refractivity contribution in [2.45, 2.75) is 6.54 Å². The lowest BCUT2D eigenvalue weighted by Gasteiger charge is -2.10. The predicted molar refractivity (Wildman–Crippen MR) is 129 cm³/mol. The molecule has 0 aliphatic carbocycles. The van der Waals surface area contributed by atoms with Gasteiger partial charge in [0.15, 0.2) is 0 Å². The zero-order chi connectivity index (χ0) is 22.6. The first-order chi connectivity index (χ1) is 16.1. The summed E-state index contributed by atoms with van der Waals surface area (Å²) in [5, 5.41) is 5.63. The molecule has 2 amide bonds. The van der Waals surface area contributed by atoms with Crippen LogP contribution in [-0.4, -0.2) is 16.0 Å². The lowest BCUT2D eigenvalue weighted by atomic mass is 10.0. The summed E-state index contributed by atoms with van der Waals surface area (Å²) >= 11 is 0. The summed E-state index contributed by atoms with van der Waals surface area (Å²) in [6.07, 6.45) is 0. The van der Waals surface area contributed by atoms with Crippen LogP contribution in [0.3, 0.4) is 0 Å². The van der Waals surface area contributed by atoms with Crippen molar-refractivity contribution in [1.29, 1.82) is 0 Å². The summed E-state index contributed by atoms with van der Waals surface area (Å²) in [6, 6.07) is 29.5. The van der Waals surface area contributed by atoms with Crippen molar-refractivity contribution in [3.05, 3.63) is 108 Å². The average Bonchev–Trinajstić information content (AvgIpc) is 3.28. The van der Waals surface area contributed by atoms with Crippen molar-refractivity contribution in [1.82, 2.24) is 15.3 Å². The lowest BCUT2D eigenvalue weighted by molar-refractivity contribution is 0.251. The molecule has 1 aromatic heterocycles. The third-order valence-electron chi connectivity index (χ3n) is 5.37. The molecule has 0 radical (unpaired) electrons. The maximum Gasteiger partial charge on any atom is 0.319 e. The lowest BCUT2D eigenvalue weighted by Crippen LogP contribution is -2.28. The van der Waals surface area contributed by atoms with Gasteiger partial charge in [0.05, 0.1) is 11.0 Å². The van der Waals surface area contributed by atoms with Gasteiger partial charge in [0, 0.05) is 17.8 Å². The monoisotopic (exact) mass is 436 g/mol. The fourth-order valence-electron chi connectivity index (χ4n) is 3.65. The largest absolute Gasteiger partial charge is 0.338 e. The van der Waals surface area contributed by atoms with Crippen LogP contribution >= 0.6 is 0 Å². The summed E-state index contributed by atoms with van der Waals surface area (Å²) in [5.74, 6) is 0.529. The molecule has 0 saturated carbocycles. The standard InChI is InChI=1S/C27H21FN4O/c28-22-14-8-18(9-15-22)17-29-27(33)30-23-5-3-4-21(16-23)19-10-12-20(13-11-19)26-31-24-6-1-2-7-25(24)32-26/h1-16H,17H2,(H,31,32)(H2,29,30,33). The fourth-order valence-corrected chi connectivity index (χ4v) is 3.65. The molecule has 6 heteroatoms. The van der Waals surface area contributed by atoms with E-state index in [1.165, 1.54) is 12.1 Å². The van der Waals surface area contributed by atoms with Gasteiger partial charge in [-0.2, -0.15) is 0 Å². The van der Waals surface area contributed by atoms with Gasteiger partial charge in [0.25, 0.3) is 0 Å². The maximum absolute atomic E-state index is 13.0. The smallest absolute Gasteiger partial charge is 0.319 e. The van der Waals surface area contributed by atoms with Crippen molar-refractivity contribution in [3.8, 4) is 22.5 Å². The molecule has 0 fully saturated rings. The summed E-state index contributed by atoms with van der Waals surface area (Å²) < 4.78 is 13.0. The van der Waals surface area contributed by atoms with Crippen LogP contribution in [0.25, 0.3) is 33.5 Å². The molecule has 5 rings (SSSR count). The number of anilines is 1. The number of fused-ring (bicyclic) bond motifs is 1. The van der Waals surface area contributed by atoms with Crippen LogP contribution in [0.5, 0.6) is 0 Å². The number of urea groups is 1. The fraction of sp³-hybridized carbons (Fsp3) is 0.0370. The number of benzene rings is 4. The number of aromatic amines is 1. The quantitative estimate of drug-likeness (QED) is 0.300. The number of imidazole rings is 1. The molecule has 0 aliphatic rings. The number of aromatic nitrogens is 2. The highest BCUT2D eigenvalue weighted by Gasteiger charge is 2.07. The minimum atomic E-state index is -0.322. The second-order valence-corrected chi connectivity index (χ2v) is 7.69. The van der Waals surface area contributed by atoms with Gasteiger partial charge in [-0.3, -0.25) is 0 Å². The molecule has 33 heavy (non-hydrogen) atoms. The molecule has 0 spiro atoms. The number of H-pyrrole nitrogens is 1. The Morgan fingerprint density at radius 3 is 2.36 bits per heavy atom. The van der Waals surface area contributed by atoms with Gasteiger partial charge in [0.2, 0.25) is 0 Å². The van der Waals surface area contributed by atoms with Crippen molar-refractivity contribution in [2.75, 3.05) is 5.32 Å². The highest BCUT2D eigenvalue weighted by Crippen LogP contribution is 2.26. The number of carbonyl (C=O) groups is 1. The normalized spacial score (nSPS) is 10.8. The molecule has 3 N–H and O–H groups in total. The molecular weight excluding hydrogens is 415 g/mol. The number of amides is 2. The third kappa shape index (κ3) is 4.75. The van der Waals surface area contributed by atoms with Gasteiger partial charge in [-0.25, -0.2) is 14.2 Å². The molecule has 162 valence electrons. The van der Waals surface area contributed by atoms with E-state index in [4.69, 9.17) is 0 Å². The van der Waals surface area contributed by atoms with Crippen LogP contribution in [0.1, 0.15) is 5.56 Å². The minimum absolute atomic E-state index is 0.300. The van der Waals surface area contributed by atoms with Crippen molar-refractivity contribution >= 4 is 22.8 Å². The van der Waals surface area contributed by atoms with Gasteiger partial charge < -0.3 is 15.6 Å². The van der Waals surface area contributed by atoms with Gasteiger partial charge in [-0.05, 0) is 53.1 Å². The van der Waals surface area contributed by atoms with Gasteiger partial charge in [0.1, 0.15) is 11.6 Å². The maximum atomic E-state index is 13.0. The first-order valence-corrected chi connectivity index (χ1v) is 10.6. The molecule has 0 unspecified atom stereocenters. The highest BCUT2D eigenvalue weighted by atomic mass is 19.1. The molecule has 1 heterocycles. The number of hydrogen-bond donors (Lipinski definition) is 3.